The number of aromatic nitrogens is 3. The molecule has 1 amide bonds. The number of hydrogen-bond acceptors (Lipinski definition) is 2. The average Bonchev–Trinajstić information content (AvgIpc) is 3.12. The standard InChI is InChI=1S/C17H18N4O/c1-11-13(19-10-18-11)9-21-8-7-15-16(17(21)22)12-5-3-4-6-14(12)20(15)2/h3-6,10H,7-9H2,1-2H3,(H,18,19)/i7D2,8D2. The number of nitrogens with zero attached hydrogens (tertiary/aromatic N) is 3. The molecule has 5 nitrogen and oxygen atoms in total. The molecule has 2 aromatic heterocycles. The van der Waals surface area contributed by atoms with Crippen LogP contribution in [-0.2, 0) is 20.0 Å². The Hall–Kier alpha value is -2.56. The van der Waals surface area contributed by atoms with Gasteiger partial charge in [-0.15, -0.1) is 0 Å². The van der Waals surface area contributed by atoms with E-state index in [9.17, 15) is 4.79 Å². The van der Waals surface area contributed by atoms with Crippen molar-refractivity contribution in [2.24, 2.45) is 7.05 Å². The number of H-pyrrole nitrogens is 1. The van der Waals surface area contributed by atoms with Crippen molar-refractivity contribution in [3.63, 3.8) is 0 Å². The third kappa shape index (κ3) is 1.78. The molecule has 4 rings (SSSR count). The zero-order valence-electron chi connectivity index (χ0n) is 16.3. The third-order valence-corrected chi connectivity index (χ3v) is 4.12. The zero-order chi connectivity index (χ0) is 18.9. The number of rotatable bonds is 2. The quantitative estimate of drug-likeness (QED) is 0.790. The second-order valence-corrected chi connectivity index (χ2v) is 5.40. The Morgan fingerprint density at radius 3 is 3.00 bits per heavy atom. The van der Waals surface area contributed by atoms with Gasteiger partial charge in [-0.1, -0.05) is 18.2 Å². The summed E-state index contributed by atoms with van der Waals surface area (Å²) >= 11 is 0. The Labute approximate surface area is 134 Å². The maximum atomic E-state index is 13.3. The van der Waals surface area contributed by atoms with Crippen LogP contribution >= 0.6 is 0 Å². The van der Waals surface area contributed by atoms with Gasteiger partial charge in [0, 0.05) is 47.7 Å². The van der Waals surface area contributed by atoms with Crippen molar-refractivity contribution >= 4 is 16.8 Å². The van der Waals surface area contributed by atoms with Crippen molar-refractivity contribution in [2.75, 3.05) is 6.50 Å². The van der Waals surface area contributed by atoms with Gasteiger partial charge in [0.25, 0.3) is 5.91 Å². The van der Waals surface area contributed by atoms with Crippen LogP contribution < -0.4 is 0 Å². The van der Waals surface area contributed by atoms with Crippen LogP contribution in [0.3, 0.4) is 0 Å². The second kappa shape index (κ2) is 4.73. The Bertz CT molecular complexity index is 1040. The lowest BCUT2D eigenvalue weighted by Gasteiger charge is -2.27. The maximum Gasteiger partial charge on any atom is 0.256 e. The van der Waals surface area contributed by atoms with Gasteiger partial charge >= 0.3 is 0 Å². The molecule has 112 valence electrons. The minimum Gasteiger partial charge on any atom is -0.348 e. The monoisotopic (exact) mass is 298 g/mol. The van der Waals surface area contributed by atoms with E-state index >= 15 is 0 Å². The molecule has 22 heavy (non-hydrogen) atoms. The number of carbonyl (C=O) groups excluding carboxylic acids is 1. The number of hydrogen-bond donors (Lipinski definition) is 1. The number of amides is 1. The van der Waals surface area contributed by atoms with Gasteiger partial charge in [0.15, 0.2) is 0 Å². The molecule has 0 spiro atoms. The highest BCUT2D eigenvalue weighted by Gasteiger charge is 2.30. The summed E-state index contributed by atoms with van der Waals surface area (Å²) in [5, 5.41) is 0.623. The molecule has 0 aliphatic carbocycles. The van der Waals surface area contributed by atoms with Crippen LogP contribution in [0.2, 0.25) is 0 Å². The molecular formula is C17H18N4O. The fraction of sp³-hybridized carbons (Fsp3) is 0.294. The molecule has 0 bridgehead atoms. The third-order valence-electron chi connectivity index (χ3n) is 4.12. The number of para-hydroxylation sites is 1. The lowest BCUT2D eigenvalue weighted by molar-refractivity contribution is 0.0725. The van der Waals surface area contributed by atoms with Crippen molar-refractivity contribution in [1.29, 1.82) is 0 Å². The first-order valence-corrected chi connectivity index (χ1v) is 7.06. The highest BCUT2D eigenvalue weighted by Crippen LogP contribution is 2.30. The molecule has 3 aromatic rings. The second-order valence-electron chi connectivity index (χ2n) is 5.40. The van der Waals surface area contributed by atoms with Crippen LogP contribution in [0.4, 0.5) is 0 Å². The number of aromatic amines is 1. The number of nitrogens with one attached hydrogen (secondary N) is 1. The number of imidazole rings is 1. The minimum absolute atomic E-state index is 0.0729. The van der Waals surface area contributed by atoms with Crippen LogP contribution in [0.5, 0.6) is 0 Å². The molecule has 3 heterocycles. The number of fused-ring (bicyclic) bond motifs is 3. The van der Waals surface area contributed by atoms with Crippen LogP contribution in [0, 0.1) is 6.92 Å². The van der Waals surface area contributed by atoms with Gasteiger partial charge in [-0.2, -0.15) is 0 Å². The number of benzene rings is 1. The Morgan fingerprint density at radius 2 is 2.23 bits per heavy atom. The predicted molar refractivity (Wildman–Crippen MR) is 84.7 cm³/mol. The van der Waals surface area contributed by atoms with Crippen LogP contribution in [0.15, 0.2) is 30.6 Å². The molecule has 0 fully saturated rings. The van der Waals surface area contributed by atoms with Crippen molar-refractivity contribution < 1.29 is 10.3 Å². The van der Waals surface area contributed by atoms with Gasteiger partial charge in [-0.3, -0.25) is 4.79 Å². The first kappa shape index (κ1) is 9.46. The highest BCUT2D eigenvalue weighted by atomic mass is 16.2. The maximum absolute atomic E-state index is 13.3. The number of aryl methyl sites for hydroxylation is 2. The summed E-state index contributed by atoms with van der Waals surface area (Å²) in [6.45, 7) is -0.849. The van der Waals surface area contributed by atoms with E-state index in [1.54, 1.807) is 36.7 Å². The molecule has 1 aliphatic rings. The predicted octanol–water partition coefficient (Wildman–Crippen LogP) is 2.41. The summed E-state index contributed by atoms with van der Waals surface area (Å²) in [6.07, 6.45) is -0.902. The Morgan fingerprint density at radius 1 is 1.41 bits per heavy atom. The van der Waals surface area contributed by atoms with E-state index in [1.807, 2.05) is 6.07 Å². The van der Waals surface area contributed by atoms with Crippen molar-refractivity contribution in [3.8, 4) is 0 Å². The molecule has 5 heteroatoms. The molecule has 0 radical (unpaired) electrons. The largest absolute Gasteiger partial charge is 0.348 e. The van der Waals surface area contributed by atoms with E-state index in [-0.39, 0.29) is 17.8 Å². The van der Waals surface area contributed by atoms with Gasteiger partial charge in [-0.05, 0) is 13.0 Å². The lowest BCUT2D eigenvalue weighted by atomic mass is 10.0. The molecule has 0 atom stereocenters. The first-order chi connectivity index (χ1) is 12.2. The minimum atomic E-state index is -2.52. The summed E-state index contributed by atoms with van der Waals surface area (Å²) in [5.74, 6) is -0.528. The van der Waals surface area contributed by atoms with E-state index in [0.29, 0.717) is 16.6 Å². The van der Waals surface area contributed by atoms with E-state index < -0.39 is 18.8 Å². The summed E-state index contributed by atoms with van der Waals surface area (Å²) in [5.41, 5.74) is 2.23. The highest BCUT2D eigenvalue weighted by molar-refractivity contribution is 6.09. The molecular weight excluding hydrogens is 276 g/mol. The molecule has 1 N–H and O–H groups in total. The van der Waals surface area contributed by atoms with Gasteiger partial charge in [-0.25, -0.2) is 4.98 Å². The van der Waals surface area contributed by atoms with E-state index in [4.69, 9.17) is 5.48 Å². The van der Waals surface area contributed by atoms with Gasteiger partial charge < -0.3 is 14.5 Å². The summed E-state index contributed by atoms with van der Waals surface area (Å²) < 4.78 is 35.5. The van der Waals surface area contributed by atoms with Crippen molar-refractivity contribution in [3.05, 3.63) is 53.2 Å². The topological polar surface area (TPSA) is 53.9 Å². The molecule has 0 saturated carbocycles. The van der Waals surface area contributed by atoms with Crippen LogP contribution in [0.25, 0.3) is 10.9 Å². The summed E-state index contributed by atoms with van der Waals surface area (Å²) in [7, 11) is 1.66. The average molecular weight is 298 g/mol. The van der Waals surface area contributed by atoms with E-state index in [2.05, 4.69) is 9.97 Å². The van der Waals surface area contributed by atoms with E-state index in [0.717, 1.165) is 10.6 Å². The summed E-state index contributed by atoms with van der Waals surface area (Å²) in [4.78, 5) is 21.2. The van der Waals surface area contributed by atoms with Gasteiger partial charge in [0.05, 0.1) is 24.1 Å². The molecule has 1 aromatic carbocycles. The van der Waals surface area contributed by atoms with Crippen molar-refractivity contribution in [1.82, 2.24) is 19.4 Å². The SMILES string of the molecule is [2H]C1([2H])c2c(c3ccccc3n2C)C(=O)N(Cc2nc[nH]c2C)C1([2H])[2H]. The Kier molecular flexibility index (Phi) is 2.03. The van der Waals surface area contributed by atoms with Crippen LogP contribution in [0.1, 0.15) is 32.9 Å². The van der Waals surface area contributed by atoms with Gasteiger partial charge in [0.1, 0.15) is 0 Å². The molecule has 1 aliphatic heterocycles. The normalized spacial score (nSPS) is 21.9. The zero-order valence-corrected chi connectivity index (χ0v) is 12.3. The summed E-state index contributed by atoms with van der Waals surface area (Å²) in [6, 6.07) is 7.17. The van der Waals surface area contributed by atoms with Crippen LogP contribution in [-0.4, -0.2) is 31.8 Å². The van der Waals surface area contributed by atoms with Gasteiger partial charge in [0.2, 0.25) is 0 Å². The Balaban J connectivity index is 1.97. The fourth-order valence-corrected chi connectivity index (χ4v) is 2.87. The molecule has 0 saturated heterocycles. The smallest absolute Gasteiger partial charge is 0.256 e. The molecule has 0 unspecified atom stereocenters. The lowest BCUT2D eigenvalue weighted by Crippen LogP contribution is -2.37. The first-order valence-electron chi connectivity index (χ1n) is 9.06. The fourth-order valence-electron chi connectivity index (χ4n) is 2.87. The van der Waals surface area contributed by atoms with Crippen molar-refractivity contribution in [2.45, 2.75) is 19.8 Å². The van der Waals surface area contributed by atoms with E-state index in [1.165, 1.54) is 6.33 Å². The number of carbonyl (C=O) groups is 1.